The van der Waals surface area contributed by atoms with Crippen molar-refractivity contribution in [1.29, 1.82) is 0 Å². The first-order valence-electron chi connectivity index (χ1n) is 10.0. The van der Waals surface area contributed by atoms with Gasteiger partial charge in [0.15, 0.2) is 0 Å². The van der Waals surface area contributed by atoms with Crippen molar-refractivity contribution in [2.24, 2.45) is 0 Å². The molecule has 0 saturated carbocycles. The fourth-order valence-electron chi connectivity index (χ4n) is 3.86. The van der Waals surface area contributed by atoms with Gasteiger partial charge in [-0.3, -0.25) is 9.69 Å². The van der Waals surface area contributed by atoms with Crippen molar-refractivity contribution in [3.63, 3.8) is 0 Å². The van der Waals surface area contributed by atoms with Gasteiger partial charge in [0.1, 0.15) is 18.1 Å². The van der Waals surface area contributed by atoms with Crippen LogP contribution >= 0.6 is 0 Å². The minimum absolute atomic E-state index is 0.0429. The zero-order chi connectivity index (χ0) is 21.1. The molecule has 0 radical (unpaired) electrons. The Bertz CT molecular complexity index is 896. The molecule has 0 aromatic heterocycles. The van der Waals surface area contributed by atoms with Gasteiger partial charge in [0, 0.05) is 50.6 Å². The van der Waals surface area contributed by atoms with Crippen LogP contribution in [0.4, 0.5) is 20.6 Å². The molecule has 2 heterocycles. The molecule has 2 aliphatic heterocycles. The van der Waals surface area contributed by atoms with Crippen molar-refractivity contribution in [2.45, 2.75) is 0 Å². The lowest BCUT2D eigenvalue weighted by Crippen LogP contribution is -2.51. The van der Waals surface area contributed by atoms with E-state index in [0.717, 1.165) is 17.1 Å². The zero-order valence-corrected chi connectivity index (χ0v) is 17.0. The largest absolute Gasteiger partial charge is 0.497 e. The number of halogens is 1. The van der Waals surface area contributed by atoms with E-state index in [-0.39, 0.29) is 24.3 Å². The summed E-state index contributed by atoms with van der Waals surface area (Å²) in [4.78, 5) is 32.7. The normalized spacial score (nSPS) is 16.9. The highest BCUT2D eigenvalue weighted by Crippen LogP contribution is 2.23. The topological polar surface area (TPSA) is 56.3 Å². The van der Waals surface area contributed by atoms with Gasteiger partial charge in [0.05, 0.1) is 7.11 Å². The molecule has 0 aliphatic carbocycles. The molecule has 2 aromatic rings. The number of amides is 3. The van der Waals surface area contributed by atoms with Crippen LogP contribution in [0, 0.1) is 5.82 Å². The van der Waals surface area contributed by atoms with Crippen molar-refractivity contribution in [2.75, 3.05) is 62.7 Å². The molecule has 0 unspecified atom stereocenters. The van der Waals surface area contributed by atoms with Crippen LogP contribution in [0.15, 0.2) is 48.5 Å². The Balaban J connectivity index is 1.30. The summed E-state index contributed by atoms with van der Waals surface area (Å²) < 4.78 is 18.3. The molecular weight excluding hydrogens is 387 g/mol. The van der Waals surface area contributed by atoms with Gasteiger partial charge < -0.3 is 19.4 Å². The Morgan fingerprint density at radius 3 is 2.17 bits per heavy atom. The van der Waals surface area contributed by atoms with Gasteiger partial charge in [-0.1, -0.05) is 0 Å². The number of methoxy groups -OCH3 is 1. The van der Waals surface area contributed by atoms with Gasteiger partial charge >= 0.3 is 6.03 Å². The number of carbonyl (C=O) groups excluding carboxylic acids is 2. The Hall–Kier alpha value is -3.29. The maximum absolute atomic E-state index is 13.1. The van der Waals surface area contributed by atoms with E-state index in [1.54, 1.807) is 33.9 Å². The van der Waals surface area contributed by atoms with Crippen LogP contribution in [-0.4, -0.2) is 74.7 Å². The molecule has 4 rings (SSSR count). The van der Waals surface area contributed by atoms with Crippen molar-refractivity contribution >= 4 is 23.3 Å². The first-order chi connectivity index (χ1) is 14.5. The number of rotatable bonds is 5. The number of hydrogen-bond donors (Lipinski definition) is 0. The summed E-state index contributed by atoms with van der Waals surface area (Å²) >= 11 is 0. The summed E-state index contributed by atoms with van der Waals surface area (Å²) in [5, 5.41) is 0. The Kier molecular flexibility index (Phi) is 5.74. The Morgan fingerprint density at radius 1 is 0.900 bits per heavy atom. The quantitative estimate of drug-likeness (QED) is 0.757. The minimum Gasteiger partial charge on any atom is -0.497 e. The van der Waals surface area contributed by atoms with Gasteiger partial charge in [0.2, 0.25) is 5.91 Å². The standard InChI is InChI=1S/C22H25FN4O3/c1-30-20-8-6-19(7-9-20)27-15-14-26(22(27)29)16-21(28)25-12-10-24(11-13-25)18-4-2-17(23)3-5-18/h2-9H,10-16H2,1H3. The second-order valence-corrected chi connectivity index (χ2v) is 7.40. The maximum atomic E-state index is 13.1. The van der Waals surface area contributed by atoms with E-state index < -0.39 is 0 Å². The number of benzene rings is 2. The second-order valence-electron chi connectivity index (χ2n) is 7.40. The molecule has 0 bridgehead atoms. The van der Waals surface area contributed by atoms with Crippen LogP contribution < -0.4 is 14.5 Å². The minimum atomic E-state index is -0.258. The molecule has 2 saturated heterocycles. The average molecular weight is 412 g/mol. The molecule has 0 atom stereocenters. The van der Waals surface area contributed by atoms with Crippen molar-refractivity contribution < 1.29 is 18.7 Å². The number of urea groups is 1. The average Bonchev–Trinajstić information content (AvgIpc) is 3.14. The third-order valence-electron chi connectivity index (χ3n) is 5.63. The summed E-state index contributed by atoms with van der Waals surface area (Å²) in [7, 11) is 1.60. The van der Waals surface area contributed by atoms with Crippen LogP contribution in [-0.2, 0) is 4.79 Å². The SMILES string of the molecule is COc1ccc(N2CCN(CC(=O)N3CCN(c4ccc(F)cc4)CC3)C2=O)cc1. The molecule has 2 aromatic carbocycles. The molecule has 7 nitrogen and oxygen atoms in total. The van der Waals surface area contributed by atoms with E-state index >= 15 is 0 Å². The van der Waals surface area contributed by atoms with Crippen LogP contribution in [0.25, 0.3) is 0 Å². The predicted molar refractivity (Wildman–Crippen MR) is 113 cm³/mol. The summed E-state index contributed by atoms with van der Waals surface area (Å²) in [5.74, 6) is 0.433. The highest BCUT2D eigenvalue weighted by atomic mass is 19.1. The number of piperazine rings is 1. The van der Waals surface area contributed by atoms with E-state index in [1.165, 1.54) is 12.1 Å². The zero-order valence-electron chi connectivity index (χ0n) is 17.0. The molecule has 30 heavy (non-hydrogen) atoms. The summed E-state index contributed by atoms with van der Waals surface area (Å²) in [6.07, 6.45) is 0. The van der Waals surface area contributed by atoms with E-state index in [0.29, 0.717) is 39.3 Å². The van der Waals surface area contributed by atoms with Gasteiger partial charge in [0.25, 0.3) is 0 Å². The van der Waals surface area contributed by atoms with Crippen LogP contribution in [0.2, 0.25) is 0 Å². The molecule has 3 amide bonds. The Morgan fingerprint density at radius 2 is 1.53 bits per heavy atom. The fraction of sp³-hybridized carbons (Fsp3) is 0.364. The number of carbonyl (C=O) groups is 2. The van der Waals surface area contributed by atoms with Crippen molar-refractivity contribution in [3.8, 4) is 5.75 Å². The Labute approximate surface area is 175 Å². The van der Waals surface area contributed by atoms with Gasteiger partial charge in [-0.25, -0.2) is 9.18 Å². The van der Waals surface area contributed by atoms with Crippen LogP contribution in [0.1, 0.15) is 0 Å². The first-order valence-corrected chi connectivity index (χ1v) is 10.0. The van der Waals surface area contributed by atoms with E-state index in [1.807, 2.05) is 24.3 Å². The number of nitrogens with zero attached hydrogens (tertiary/aromatic N) is 4. The van der Waals surface area contributed by atoms with Crippen LogP contribution in [0.5, 0.6) is 5.75 Å². The van der Waals surface area contributed by atoms with Crippen LogP contribution in [0.3, 0.4) is 0 Å². The molecule has 8 heteroatoms. The second kappa shape index (κ2) is 8.61. The molecular formula is C22H25FN4O3. The van der Waals surface area contributed by atoms with Crippen molar-refractivity contribution in [3.05, 3.63) is 54.3 Å². The molecule has 2 aliphatic rings. The third-order valence-corrected chi connectivity index (χ3v) is 5.63. The first kappa shape index (κ1) is 20.0. The van der Waals surface area contributed by atoms with E-state index in [2.05, 4.69) is 4.90 Å². The van der Waals surface area contributed by atoms with E-state index in [4.69, 9.17) is 4.74 Å². The third kappa shape index (κ3) is 4.17. The number of anilines is 2. The predicted octanol–water partition coefficient (Wildman–Crippen LogP) is 2.43. The highest BCUT2D eigenvalue weighted by molar-refractivity contribution is 5.96. The number of ether oxygens (including phenoxy) is 1. The maximum Gasteiger partial charge on any atom is 0.325 e. The highest BCUT2D eigenvalue weighted by Gasteiger charge is 2.32. The van der Waals surface area contributed by atoms with Crippen molar-refractivity contribution in [1.82, 2.24) is 9.80 Å². The molecule has 158 valence electrons. The van der Waals surface area contributed by atoms with Gasteiger partial charge in [-0.05, 0) is 48.5 Å². The summed E-state index contributed by atoms with van der Waals surface area (Å²) in [5.41, 5.74) is 1.75. The lowest BCUT2D eigenvalue weighted by molar-refractivity contribution is -0.131. The monoisotopic (exact) mass is 412 g/mol. The lowest BCUT2D eigenvalue weighted by Gasteiger charge is -2.36. The fourth-order valence-corrected chi connectivity index (χ4v) is 3.86. The molecule has 2 fully saturated rings. The molecule has 0 N–H and O–H groups in total. The van der Waals surface area contributed by atoms with Gasteiger partial charge in [-0.2, -0.15) is 0 Å². The van der Waals surface area contributed by atoms with Gasteiger partial charge in [-0.15, -0.1) is 0 Å². The van der Waals surface area contributed by atoms with E-state index in [9.17, 15) is 14.0 Å². The smallest absolute Gasteiger partial charge is 0.325 e. The lowest BCUT2D eigenvalue weighted by atomic mass is 10.2. The number of hydrogen-bond acceptors (Lipinski definition) is 4. The summed E-state index contributed by atoms with van der Waals surface area (Å²) in [6, 6.07) is 13.6. The summed E-state index contributed by atoms with van der Waals surface area (Å²) in [6.45, 7) is 3.69. The molecule has 0 spiro atoms.